The van der Waals surface area contributed by atoms with Crippen molar-refractivity contribution in [3.05, 3.63) is 29.6 Å². The van der Waals surface area contributed by atoms with Crippen LogP contribution in [0.2, 0.25) is 0 Å². The second-order valence-corrected chi connectivity index (χ2v) is 5.83. The van der Waals surface area contributed by atoms with E-state index in [-0.39, 0.29) is 0 Å². The average Bonchev–Trinajstić information content (AvgIpc) is 2.32. The lowest BCUT2D eigenvalue weighted by atomic mass is 9.87. The predicted molar refractivity (Wildman–Crippen MR) is 70.1 cm³/mol. The number of aromatic nitrogens is 1. The number of nitrogens with zero attached hydrogens (tertiary/aromatic N) is 2. The summed E-state index contributed by atoms with van der Waals surface area (Å²) in [5, 5.41) is 20.5. The van der Waals surface area contributed by atoms with Crippen LogP contribution in [0.15, 0.2) is 18.3 Å². The topological polar surface area (TPSA) is 56.6 Å². The van der Waals surface area contributed by atoms with Gasteiger partial charge in [-0.25, -0.2) is 0 Å². The SMILES string of the molecule is CN1CCC(O)(c2ccc(C(C)(C)O)cn2)CC1. The van der Waals surface area contributed by atoms with Crippen LogP contribution in [0, 0.1) is 0 Å². The highest BCUT2D eigenvalue weighted by Crippen LogP contribution is 2.31. The van der Waals surface area contributed by atoms with Gasteiger partial charge in [-0.15, -0.1) is 0 Å². The van der Waals surface area contributed by atoms with Gasteiger partial charge in [0.1, 0.15) is 5.60 Å². The quantitative estimate of drug-likeness (QED) is 0.828. The Balaban J connectivity index is 2.19. The van der Waals surface area contributed by atoms with Gasteiger partial charge in [-0.2, -0.15) is 0 Å². The van der Waals surface area contributed by atoms with Crippen molar-refractivity contribution in [1.82, 2.24) is 9.88 Å². The molecule has 0 aliphatic carbocycles. The van der Waals surface area contributed by atoms with Crippen LogP contribution in [0.5, 0.6) is 0 Å². The molecule has 1 saturated heterocycles. The maximum atomic E-state index is 10.6. The number of hydrogen-bond acceptors (Lipinski definition) is 4. The third-order valence-corrected chi connectivity index (χ3v) is 3.76. The zero-order valence-electron chi connectivity index (χ0n) is 11.3. The minimum atomic E-state index is -0.888. The van der Waals surface area contributed by atoms with E-state index in [4.69, 9.17) is 0 Å². The van der Waals surface area contributed by atoms with Crippen molar-refractivity contribution in [3.63, 3.8) is 0 Å². The van der Waals surface area contributed by atoms with Gasteiger partial charge in [-0.3, -0.25) is 4.98 Å². The van der Waals surface area contributed by atoms with Crippen LogP contribution in [0.4, 0.5) is 0 Å². The molecule has 1 aliphatic rings. The number of pyridine rings is 1. The standard InChI is InChI=1S/C14H22N2O2/c1-13(2,17)11-4-5-12(15-10-11)14(18)6-8-16(3)9-7-14/h4-5,10,17-18H,6-9H2,1-3H3. The van der Waals surface area contributed by atoms with E-state index in [0.29, 0.717) is 18.5 Å². The van der Waals surface area contributed by atoms with Crippen LogP contribution in [-0.2, 0) is 11.2 Å². The van der Waals surface area contributed by atoms with Crippen LogP contribution in [0.1, 0.15) is 37.9 Å². The average molecular weight is 250 g/mol. The molecule has 1 aromatic heterocycles. The summed E-state index contributed by atoms with van der Waals surface area (Å²) in [5.74, 6) is 0. The smallest absolute Gasteiger partial charge is 0.109 e. The van der Waals surface area contributed by atoms with Crippen LogP contribution >= 0.6 is 0 Å². The first-order valence-corrected chi connectivity index (χ1v) is 6.42. The molecule has 2 N–H and O–H groups in total. The molecule has 0 atom stereocenters. The molecule has 0 saturated carbocycles. The van der Waals surface area contributed by atoms with E-state index in [1.54, 1.807) is 20.0 Å². The van der Waals surface area contributed by atoms with E-state index in [1.807, 2.05) is 12.1 Å². The van der Waals surface area contributed by atoms with E-state index < -0.39 is 11.2 Å². The fraction of sp³-hybridized carbons (Fsp3) is 0.643. The lowest BCUT2D eigenvalue weighted by molar-refractivity contribution is -0.0240. The maximum absolute atomic E-state index is 10.6. The molecule has 100 valence electrons. The maximum Gasteiger partial charge on any atom is 0.109 e. The Morgan fingerprint density at radius 1 is 1.28 bits per heavy atom. The molecule has 1 aromatic rings. The fourth-order valence-electron chi connectivity index (χ4n) is 2.28. The molecular weight excluding hydrogens is 228 g/mol. The summed E-state index contributed by atoms with van der Waals surface area (Å²) in [7, 11) is 2.06. The third kappa shape index (κ3) is 2.71. The highest BCUT2D eigenvalue weighted by atomic mass is 16.3. The number of hydrogen-bond donors (Lipinski definition) is 2. The Labute approximate surface area is 108 Å². The van der Waals surface area contributed by atoms with Crippen LogP contribution < -0.4 is 0 Å². The monoisotopic (exact) mass is 250 g/mol. The summed E-state index contributed by atoms with van der Waals surface area (Å²) in [6, 6.07) is 3.68. The van der Waals surface area contributed by atoms with Gasteiger partial charge >= 0.3 is 0 Å². The Bertz CT molecular complexity index is 401. The molecule has 4 heteroatoms. The summed E-state index contributed by atoms with van der Waals surface area (Å²) in [6.07, 6.45) is 3.07. The molecule has 0 bridgehead atoms. The summed E-state index contributed by atoms with van der Waals surface area (Å²) >= 11 is 0. The van der Waals surface area contributed by atoms with Crippen molar-refractivity contribution in [2.45, 2.75) is 37.9 Å². The highest BCUT2D eigenvalue weighted by Gasteiger charge is 2.34. The Kier molecular flexibility index (Phi) is 3.45. The van der Waals surface area contributed by atoms with Crippen LogP contribution in [0.25, 0.3) is 0 Å². The molecule has 0 radical (unpaired) electrons. The Hall–Kier alpha value is -0.970. The van der Waals surface area contributed by atoms with Gasteiger partial charge in [0.05, 0.1) is 11.3 Å². The lowest BCUT2D eigenvalue weighted by Crippen LogP contribution is -2.41. The van der Waals surface area contributed by atoms with Gasteiger partial charge in [0.2, 0.25) is 0 Å². The van der Waals surface area contributed by atoms with Gasteiger partial charge in [0, 0.05) is 24.8 Å². The third-order valence-electron chi connectivity index (χ3n) is 3.76. The van der Waals surface area contributed by atoms with E-state index in [0.717, 1.165) is 18.7 Å². The van der Waals surface area contributed by atoms with Crippen molar-refractivity contribution >= 4 is 0 Å². The van der Waals surface area contributed by atoms with Crippen molar-refractivity contribution in [2.75, 3.05) is 20.1 Å². The molecule has 2 rings (SSSR count). The number of piperidine rings is 1. The molecule has 4 nitrogen and oxygen atoms in total. The highest BCUT2D eigenvalue weighted by molar-refractivity contribution is 5.23. The Morgan fingerprint density at radius 3 is 2.33 bits per heavy atom. The zero-order valence-corrected chi connectivity index (χ0v) is 11.3. The van der Waals surface area contributed by atoms with E-state index >= 15 is 0 Å². The number of rotatable bonds is 2. The van der Waals surface area contributed by atoms with Gasteiger partial charge < -0.3 is 15.1 Å². The molecule has 0 amide bonds. The molecule has 1 fully saturated rings. The normalized spacial score (nSPS) is 20.9. The Morgan fingerprint density at radius 2 is 1.89 bits per heavy atom. The number of likely N-dealkylation sites (tertiary alicyclic amines) is 1. The van der Waals surface area contributed by atoms with Crippen molar-refractivity contribution < 1.29 is 10.2 Å². The molecule has 0 aromatic carbocycles. The van der Waals surface area contributed by atoms with Gasteiger partial charge in [0.15, 0.2) is 0 Å². The van der Waals surface area contributed by atoms with E-state index in [2.05, 4.69) is 16.9 Å². The minimum Gasteiger partial charge on any atom is -0.386 e. The molecule has 0 unspecified atom stereocenters. The van der Waals surface area contributed by atoms with Gasteiger partial charge in [-0.1, -0.05) is 6.07 Å². The first kappa shape index (κ1) is 13.5. The molecule has 0 spiro atoms. The second-order valence-electron chi connectivity index (χ2n) is 5.83. The first-order chi connectivity index (χ1) is 8.31. The van der Waals surface area contributed by atoms with Crippen molar-refractivity contribution in [2.24, 2.45) is 0 Å². The minimum absolute atomic E-state index is 0.707. The van der Waals surface area contributed by atoms with E-state index in [9.17, 15) is 10.2 Å². The second kappa shape index (κ2) is 4.61. The summed E-state index contributed by atoms with van der Waals surface area (Å²) in [6.45, 7) is 5.22. The van der Waals surface area contributed by atoms with Gasteiger partial charge in [-0.05, 0) is 39.8 Å². The largest absolute Gasteiger partial charge is 0.386 e. The lowest BCUT2D eigenvalue weighted by Gasteiger charge is -2.36. The molecule has 2 heterocycles. The van der Waals surface area contributed by atoms with Crippen molar-refractivity contribution in [3.8, 4) is 0 Å². The fourth-order valence-corrected chi connectivity index (χ4v) is 2.28. The molecule has 18 heavy (non-hydrogen) atoms. The van der Waals surface area contributed by atoms with Crippen LogP contribution in [0.3, 0.4) is 0 Å². The summed E-state index contributed by atoms with van der Waals surface area (Å²) < 4.78 is 0. The van der Waals surface area contributed by atoms with Crippen LogP contribution in [-0.4, -0.2) is 40.2 Å². The molecule has 1 aliphatic heterocycles. The van der Waals surface area contributed by atoms with Crippen molar-refractivity contribution in [1.29, 1.82) is 0 Å². The first-order valence-electron chi connectivity index (χ1n) is 6.42. The van der Waals surface area contributed by atoms with Gasteiger partial charge in [0.25, 0.3) is 0 Å². The summed E-state index contributed by atoms with van der Waals surface area (Å²) in [4.78, 5) is 6.55. The number of aliphatic hydroxyl groups is 2. The summed E-state index contributed by atoms with van der Waals surface area (Å²) in [5.41, 5.74) is -0.225. The van der Waals surface area contributed by atoms with E-state index in [1.165, 1.54) is 0 Å². The molecular formula is C14H22N2O2. The predicted octanol–water partition coefficient (Wildman–Crippen LogP) is 1.22. The zero-order chi connectivity index (χ0) is 13.4.